The van der Waals surface area contributed by atoms with E-state index in [0.29, 0.717) is 22.3 Å². The summed E-state index contributed by atoms with van der Waals surface area (Å²) >= 11 is 13.7. The number of nitrogens with one attached hydrogen (secondary N) is 1. The van der Waals surface area contributed by atoms with E-state index in [9.17, 15) is 4.79 Å². The molecule has 0 fully saturated rings. The van der Waals surface area contributed by atoms with E-state index in [4.69, 9.17) is 32.9 Å². The van der Waals surface area contributed by atoms with Gasteiger partial charge >= 0.3 is 0 Å². The average Bonchev–Trinajstić information content (AvgIpc) is 3.15. The second-order valence-electron chi connectivity index (χ2n) is 7.00. The van der Waals surface area contributed by atoms with Gasteiger partial charge in [0.25, 0.3) is 0 Å². The Morgan fingerprint density at radius 3 is 2.59 bits per heavy atom. The number of anilines is 1. The number of halogens is 2. The first-order valence-corrected chi connectivity index (χ1v) is 11.7. The average molecular weight is 486 g/mol. The van der Waals surface area contributed by atoms with Crippen LogP contribution in [0.5, 0.6) is 5.75 Å². The highest BCUT2D eigenvalue weighted by molar-refractivity contribution is 8.00. The van der Waals surface area contributed by atoms with Crippen LogP contribution in [-0.4, -0.2) is 27.3 Å². The number of nitrogens with zero attached hydrogens (tertiary/aromatic N) is 2. The molecule has 0 aliphatic carbocycles. The maximum atomic E-state index is 12.9. The standard InChI is InChI=1S/C24H21Cl2N3O2S/c1-3-31-17-13-11-16(12-14-17)29-21-10-5-4-8-19(21)28-24(29)32-15(2)23(30)27-20-9-6-7-18(25)22(20)26/h4-15H,3H2,1-2H3,(H,27,30)/t15-/m0/s1. The third-order valence-electron chi connectivity index (χ3n) is 4.80. The number of rotatable bonds is 7. The first-order valence-electron chi connectivity index (χ1n) is 10.1. The van der Waals surface area contributed by atoms with Crippen molar-refractivity contribution >= 4 is 57.6 Å². The Bertz CT molecular complexity index is 1260. The first kappa shape index (κ1) is 22.5. The van der Waals surface area contributed by atoms with Crippen LogP contribution in [0.2, 0.25) is 10.0 Å². The van der Waals surface area contributed by atoms with Gasteiger partial charge in [-0.25, -0.2) is 4.98 Å². The monoisotopic (exact) mass is 485 g/mol. The summed E-state index contributed by atoms with van der Waals surface area (Å²) in [7, 11) is 0. The molecule has 8 heteroatoms. The predicted octanol–water partition coefficient (Wildman–Crippen LogP) is 6.85. The molecular weight excluding hydrogens is 465 g/mol. The molecule has 1 atom stereocenters. The van der Waals surface area contributed by atoms with Gasteiger partial charge in [-0.2, -0.15) is 0 Å². The van der Waals surface area contributed by atoms with Crippen molar-refractivity contribution in [1.29, 1.82) is 0 Å². The lowest BCUT2D eigenvalue weighted by molar-refractivity contribution is -0.115. The molecule has 0 aliphatic heterocycles. The molecule has 0 spiro atoms. The van der Waals surface area contributed by atoms with Crippen molar-refractivity contribution in [3.63, 3.8) is 0 Å². The molecule has 0 saturated heterocycles. The van der Waals surface area contributed by atoms with E-state index in [1.54, 1.807) is 18.2 Å². The van der Waals surface area contributed by atoms with Gasteiger partial charge in [-0.05, 0) is 62.4 Å². The number of imidazole rings is 1. The number of fused-ring (bicyclic) bond motifs is 1. The lowest BCUT2D eigenvalue weighted by Gasteiger charge is -2.15. The molecule has 4 aromatic rings. The molecule has 0 unspecified atom stereocenters. The summed E-state index contributed by atoms with van der Waals surface area (Å²) in [4.78, 5) is 17.6. The zero-order chi connectivity index (χ0) is 22.7. The number of ether oxygens (including phenoxy) is 1. The molecule has 32 heavy (non-hydrogen) atoms. The third-order valence-corrected chi connectivity index (χ3v) is 6.67. The van der Waals surface area contributed by atoms with Crippen LogP contribution in [0.25, 0.3) is 16.7 Å². The van der Waals surface area contributed by atoms with E-state index < -0.39 is 5.25 Å². The Morgan fingerprint density at radius 2 is 1.84 bits per heavy atom. The molecule has 4 rings (SSSR count). The summed E-state index contributed by atoms with van der Waals surface area (Å²) in [6.07, 6.45) is 0. The minimum atomic E-state index is -0.427. The summed E-state index contributed by atoms with van der Waals surface area (Å²) < 4.78 is 7.61. The van der Waals surface area contributed by atoms with Gasteiger partial charge in [0.05, 0.1) is 38.6 Å². The van der Waals surface area contributed by atoms with Crippen molar-refractivity contribution in [2.24, 2.45) is 0 Å². The second-order valence-corrected chi connectivity index (χ2v) is 9.09. The van der Waals surface area contributed by atoms with Gasteiger partial charge < -0.3 is 10.1 Å². The van der Waals surface area contributed by atoms with E-state index in [0.717, 1.165) is 27.6 Å². The highest BCUT2D eigenvalue weighted by Crippen LogP contribution is 2.33. The van der Waals surface area contributed by atoms with Crippen molar-refractivity contribution in [2.45, 2.75) is 24.3 Å². The van der Waals surface area contributed by atoms with Gasteiger partial charge in [0.1, 0.15) is 5.75 Å². The SMILES string of the molecule is CCOc1ccc(-n2c(S[C@@H](C)C(=O)Nc3cccc(Cl)c3Cl)nc3ccccc32)cc1. The summed E-state index contributed by atoms with van der Waals surface area (Å²) in [5.74, 6) is 0.616. The Hall–Kier alpha value is -2.67. The molecule has 164 valence electrons. The zero-order valence-corrected chi connectivity index (χ0v) is 19.8. The minimum Gasteiger partial charge on any atom is -0.494 e. The molecule has 0 aliphatic rings. The number of hydrogen-bond donors (Lipinski definition) is 1. The number of carbonyl (C=O) groups is 1. The number of amides is 1. The minimum absolute atomic E-state index is 0.190. The van der Waals surface area contributed by atoms with Gasteiger partial charge in [0, 0.05) is 5.69 Å². The number of aromatic nitrogens is 2. The molecule has 3 aromatic carbocycles. The number of benzene rings is 3. The lowest BCUT2D eigenvalue weighted by Crippen LogP contribution is -2.23. The molecule has 1 amide bonds. The summed E-state index contributed by atoms with van der Waals surface area (Å²) in [5.41, 5.74) is 3.24. The first-order chi connectivity index (χ1) is 15.5. The van der Waals surface area contributed by atoms with Crippen LogP contribution >= 0.6 is 35.0 Å². The normalized spacial score (nSPS) is 12.0. The van der Waals surface area contributed by atoms with Gasteiger partial charge in [-0.15, -0.1) is 0 Å². The molecule has 0 radical (unpaired) electrons. The molecule has 1 heterocycles. The van der Waals surface area contributed by atoms with Crippen molar-refractivity contribution in [3.8, 4) is 11.4 Å². The summed E-state index contributed by atoms with van der Waals surface area (Å²) in [6, 6.07) is 20.9. The van der Waals surface area contributed by atoms with Crippen molar-refractivity contribution < 1.29 is 9.53 Å². The quantitative estimate of drug-likeness (QED) is 0.290. The number of para-hydroxylation sites is 2. The fourth-order valence-electron chi connectivity index (χ4n) is 3.24. The Kier molecular flexibility index (Phi) is 6.94. The highest BCUT2D eigenvalue weighted by Gasteiger charge is 2.21. The van der Waals surface area contributed by atoms with Crippen LogP contribution in [0, 0.1) is 0 Å². The Balaban J connectivity index is 1.63. The molecule has 0 bridgehead atoms. The zero-order valence-electron chi connectivity index (χ0n) is 17.5. The van der Waals surface area contributed by atoms with E-state index in [-0.39, 0.29) is 5.91 Å². The summed E-state index contributed by atoms with van der Waals surface area (Å²) in [5, 5.41) is 3.86. The largest absolute Gasteiger partial charge is 0.494 e. The van der Waals surface area contributed by atoms with Gasteiger partial charge in [0.2, 0.25) is 5.91 Å². The molecule has 1 aromatic heterocycles. The molecular formula is C24H21Cl2N3O2S. The van der Waals surface area contributed by atoms with E-state index in [1.165, 1.54) is 11.8 Å². The number of carbonyl (C=O) groups excluding carboxylic acids is 1. The van der Waals surface area contributed by atoms with Crippen LogP contribution < -0.4 is 10.1 Å². The van der Waals surface area contributed by atoms with Crippen molar-refractivity contribution in [2.75, 3.05) is 11.9 Å². The molecule has 1 N–H and O–H groups in total. The second kappa shape index (κ2) is 9.86. The van der Waals surface area contributed by atoms with E-state index in [1.807, 2.05) is 66.9 Å². The Morgan fingerprint density at radius 1 is 1.09 bits per heavy atom. The smallest absolute Gasteiger partial charge is 0.237 e. The highest BCUT2D eigenvalue weighted by atomic mass is 35.5. The fraction of sp³-hybridized carbons (Fsp3) is 0.167. The number of thioether (sulfide) groups is 1. The Labute approximate surface area is 200 Å². The third kappa shape index (κ3) is 4.72. The maximum Gasteiger partial charge on any atom is 0.237 e. The van der Waals surface area contributed by atoms with E-state index >= 15 is 0 Å². The lowest BCUT2D eigenvalue weighted by atomic mass is 10.2. The van der Waals surface area contributed by atoms with E-state index in [2.05, 4.69) is 5.32 Å². The molecule has 0 saturated carbocycles. The predicted molar refractivity (Wildman–Crippen MR) is 133 cm³/mol. The van der Waals surface area contributed by atoms with Crippen LogP contribution in [-0.2, 0) is 4.79 Å². The van der Waals surface area contributed by atoms with Gasteiger partial charge in [-0.3, -0.25) is 9.36 Å². The van der Waals surface area contributed by atoms with Crippen LogP contribution in [0.4, 0.5) is 5.69 Å². The van der Waals surface area contributed by atoms with Crippen LogP contribution in [0.15, 0.2) is 71.9 Å². The molecule has 5 nitrogen and oxygen atoms in total. The topological polar surface area (TPSA) is 56.1 Å². The fourth-order valence-corrected chi connectivity index (χ4v) is 4.53. The number of hydrogen-bond acceptors (Lipinski definition) is 4. The van der Waals surface area contributed by atoms with Gasteiger partial charge in [-0.1, -0.05) is 53.2 Å². The maximum absolute atomic E-state index is 12.9. The van der Waals surface area contributed by atoms with Crippen molar-refractivity contribution in [3.05, 3.63) is 76.8 Å². The van der Waals surface area contributed by atoms with Gasteiger partial charge in [0.15, 0.2) is 5.16 Å². The van der Waals surface area contributed by atoms with Crippen molar-refractivity contribution in [1.82, 2.24) is 9.55 Å². The summed E-state index contributed by atoms with van der Waals surface area (Å²) in [6.45, 7) is 4.40. The van der Waals surface area contributed by atoms with Crippen LogP contribution in [0.1, 0.15) is 13.8 Å². The van der Waals surface area contributed by atoms with Crippen LogP contribution in [0.3, 0.4) is 0 Å².